The Hall–Kier alpha value is -1.80. The van der Waals surface area contributed by atoms with Crippen LogP contribution in [0.1, 0.15) is 11.3 Å². The number of hydrogen-bond donors (Lipinski definition) is 1. The van der Waals surface area contributed by atoms with E-state index in [0.717, 1.165) is 11.3 Å². The van der Waals surface area contributed by atoms with Crippen molar-refractivity contribution < 1.29 is 0 Å². The number of nitrogens with zero attached hydrogens (tertiary/aromatic N) is 1. The van der Waals surface area contributed by atoms with E-state index >= 15 is 0 Å². The van der Waals surface area contributed by atoms with Gasteiger partial charge in [0.25, 0.3) is 0 Å². The summed E-state index contributed by atoms with van der Waals surface area (Å²) in [6.07, 6.45) is 3.53. The number of benzene rings is 1. The summed E-state index contributed by atoms with van der Waals surface area (Å²) in [6, 6.07) is 13.2. The van der Waals surface area contributed by atoms with Gasteiger partial charge >= 0.3 is 0 Å². The van der Waals surface area contributed by atoms with Crippen molar-refractivity contribution in [3.05, 3.63) is 64.9 Å². The third kappa shape index (κ3) is 2.41. The van der Waals surface area contributed by atoms with Crippen molar-refractivity contribution >= 4 is 23.4 Å². The SMILES string of the molecule is NC(=Cc1ccccn1)c1ccccc1Cl. The molecule has 1 aromatic carbocycles. The fraction of sp³-hybridized carbons (Fsp3) is 0. The van der Waals surface area contributed by atoms with Crippen LogP contribution in [-0.2, 0) is 0 Å². The van der Waals surface area contributed by atoms with Crippen LogP contribution in [0.2, 0.25) is 5.02 Å². The lowest BCUT2D eigenvalue weighted by Crippen LogP contribution is -1.97. The highest BCUT2D eigenvalue weighted by atomic mass is 35.5. The van der Waals surface area contributed by atoms with Gasteiger partial charge in [0.15, 0.2) is 0 Å². The summed E-state index contributed by atoms with van der Waals surface area (Å²) < 4.78 is 0. The number of rotatable bonds is 2. The quantitative estimate of drug-likeness (QED) is 0.861. The lowest BCUT2D eigenvalue weighted by atomic mass is 10.1. The Kier molecular flexibility index (Phi) is 3.22. The predicted octanol–water partition coefficient (Wildman–Crippen LogP) is 3.19. The molecule has 0 fully saturated rings. The molecule has 0 aliphatic heterocycles. The van der Waals surface area contributed by atoms with Crippen LogP contribution in [0.15, 0.2) is 48.7 Å². The Balaban J connectivity index is 2.36. The third-order valence-corrected chi connectivity index (χ3v) is 2.51. The summed E-state index contributed by atoms with van der Waals surface area (Å²) in [5.41, 5.74) is 8.23. The zero-order valence-corrected chi connectivity index (χ0v) is 9.35. The van der Waals surface area contributed by atoms with Crippen LogP contribution in [0.5, 0.6) is 0 Å². The van der Waals surface area contributed by atoms with Crippen LogP contribution < -0.4 is 5.73 Å². The Morgan fingerprint density at radius 2 is 1.88 bits per heavy atom. The molecule has 0 atom stereocenters. The predicted molar refractivity (Wildman–Crippen MR) is 67.7 cm³/mol. The summed E-state index contributed by atoms with van der Waals surface area (Å²) in [5, 5.41) is 0.646. The molecule has 2 rings (SSSR count). The topological polar surface area (TPSA) is 38.9 Å². The maximum Gasteiger partial charge on any atom is 0.0650 e. The molecule has 2 N–H and O–H groups in total. The molecule has 0 radical (unpaired) electrons. The molecule has 0 spiro atoms. The van der Waals surface area contributed by atoms with Gasteiger partial charge in [0.05, 0.1) is 5.69 Å². The first-order chi connectivity index (χ1) is 7.77. The average Bonchev–Trinajstić information content (AvgIpc) is 2.31. The molecule has 2 aromatic rings. The summed E-state index contributed by atoms with van der Waals surface area (Å²) in [6.45, 7) is 0. The van der Waals surface area contributed by atoms with E-state index in [0.29, 0.717) is 10.7 Å². The first kappa shape index (κ1) is 10.7. The number of halogens is 1. The summed E-state index contributed by atoms with van der Waals surface area (Å²) in [5.74, 6) is 0. The largest absolute Gasteiger partial charge is 0.398 e. The van der Waals surface area contributed by atoms with Gasteiger partial charge in [-0.15, -0.1) is 0 Å². The molecule has 0 saturated carbocycles. The molecule has 0 saturated heterocycles. The second-order valence-corrected chi connectivity index (χ2v) is 3.74. The number of aromatic nitrogens is 1. The van der Waals surface area contributed by atoms with E-state index in [1.54, 1.807) is 12.3 Å². The molecule has 0 aliphatic rings. The lowest BCUT2D eigenvalue weighted by molar-refractivity contribution is 1.29. The highest BCUT2D eigenvalue weighted by Crippen LogP contribution is 2.21. The molecule has 3 heteroatoms. The van der Waals surface area contributed by atoms with E-state index in [9.17, 15) is 0 Å². The number of hydrogen-bond acceptors (Lipinski definition) is 2. The van der Waals surface area contributed by atoms with Crippen LogP contribution in [-0.4, -0.2) is 4.98 Å². The number of pyridine rings is 1. The highest BCUT2D eigenvalue weighted by molar-refractivity contribution is 6.32. The Bertz CT molecular complexity index is 506. The van der Waals surface area contributed by atoms with Crippen LogP contribution in [0, 0.1) is 0 Å². The van der Waals surface area contributed by atoms with Crippen molar-refractivity contribution in [2.75, 3.05) is 0 Å². The summed E-state index contributed by atoms with van der Waals surface area (Å²) >= 11 is 6.04. The monoisotopic (exact) mass is 230 g/mol. The minimum absolute atomic E-state index is 0.615. The summed E-state index contributed by atoms with van der Waals surface area (Å²) in [7, 11) is 0. The molecule has 1 aromatic heterocycles. The van der Waals surface area contributed by atoms with E-state index in [4.69, 9.17) is 17.3 Å². The van der Waals surface area contributed by atoms with Gasteiger partial charge in [0.2, 0.25) is 0 Å². The molecule has 0 aliphatic carbocycles. The molecule has 0 bridgehead atoms. The van der Waals surface area contributed by atoms with Crippen molar-refractivity contribution in [2.45, 2.75) is 0 Å². The minimum atomic E-state index is 0.615. The molecule has 1 heterocycles. The smallest absolute Gasteiger partial charge is 0.0650 e. The molecule has 16 heavy (non-hydrogen) atoms. The van der Waals surface area contributed by atoms with Gasteiger partial charge in [0, 0.05) is 22.5 Å². The standard InChI is InChI=1S/C13H11ClN2/c14-12-7-2-1-6-11(12)13(15)9-10-5-3-4-8-16-10/h1-9H,15H2. The van der Waals surface area contributed by atoms with Crippen LogP contribution in [0.3, 0.4) is 0 Å². The molecular formula is C13H11ClN2. The summed E-state index contributed by atoms with van der Waals surface area (Å²) in [4.78, 5) is 4.17. The van der Waals surface area contributed by atoms with Crippen molar-refractivity contribution in [1.82, 2.24) is 4.98 Å². The first-order valence-electron chi connectivity index (χ1n) is 4.90. The van der Waals surface area contributed by atoms with Crippen molar-refractivity contribution in [2.24, 2.45) is 5.73 Å². The van der Waals surface area contributed by atoms with E-state index < -0.39 is 0 Å². The van der Waals surface area contributed by atoms with Gasteiger partial charge < -0.3 is 5.73 Å². The highest BCUT2D eigenvalue weighted by Gasteiger charge is 2.01. The van der Waals surface area contributed by atoms with Crippen LogP contribution in [0.25, 0.3) is 11.8 Å². The van der Waals surface area contributed by atoms with E-state index in [2.05, 4.69) is 4.98 Å². The average molecular weight is 231 g/mol. The lowest BCUT2D eigenvalue weighted by Gasteiger charge is -2.03. The van der Waals surface area contributed by atoms with Crippen molar-refractivity contribution in [1.29, 1.82) is 0 Å². The van der Waals surface area contributed by atoms with E-state index in [-0.39, 0.29) is 0 Å². The van der Waals surface area contributed by atoms with Gasteiger partial charge in [-0.3, -0.25) is 4.98 Å². The molecule has 0 unspecified atom stereocenters. The van der Waals surface area contributed by atoms with Crippen LogP contribution >= 0.6 is 11.6 Å². The van der Waals surface area contributed by atoms with E-state index in [1.165, 1.54) is 0 Å². The molecule has 0 amide bonds. The third-order valence-electron chi connectivity index (χ3n) is 2.18. The van der Waals surface area contributed by atoms with Gasteiger partial charge in [-0.05, 0) is 24.3 Å². The molecule has 80 valence electrons. The second kappa shape index (κ2) is 4.81. The Morgan fingerprint density at radius 1 is 1.12 bits per heavy atom. The maximum atomic E-state index is 6.04. The zero-order chi connectivity index (χ0) is 11.4. The second-order valence-electron chi connectivity index (χ2n) is 3.33. The minimum Gasteiger partial charge on any atom is -0.398 e. The van der Waals surface area contributed by atoms with Crippen molar-refractivity contribution in [3.63, 3.8) is 0 Å². The number of nitrogens with two attached hydrogens (primary N) is 1. The molecule has 2 nitrogen and oxygen atoms in total. The van der Waals surface area contributed by atoms with Gasteiger partial charge in [-0.1, -0.05) is 35.9 Å². The maximum absolute atomic E-state index is 6.04. The normalized spacial score (nSPS) is 11.4. The Labute approximate surface area is 99.4 Å². The fourth-order valence-electron chi connectivity index (χ4n) is 1.39. The van der Waals surface area contributed by atoms with E-state index in [1.807, 2.05) is 42.5 Å². The van der Waals surface area contributed by atoms with Gasteiger partial charge in [0.1, 0.15) is 0 Å². The van der Waals surface area contributed by atoms with Gasteiger partial charge in [-0.25, -0.2) is 0 Å². The van der Waals surface area contributed by atoms with Crippen LogP contribution in [0.4, 0.5) is 0 Å². The zero-order valence-electron chi connectivity index (χ0n) is 8.60. The fourth-order valence-corrected chi connectivity index (χ4v) is 1.64. The van der Waals surface area contributed by atoms with Gasteiger partial charge in [-0.2, -0.15) is 0 Å². The van der Waals surface area contributed by atoms with Crippen molar-refractivity contribution in [3.8, 4) is 0 Å². The Morgan fingerprint density at radius 3 is 2.56 bits per heavy atom. The first-order valence-corrected chi connectivity index (χ1v) is 5.28. The molecular weight excluding hydrogens is 220 g/mol.